The van der Waals surface area contributed by atoms with Crippen molar-refractivity contribution in [2.24, 2.45) is 0 Å². The monoisotopic (exact) mass is 416 g/mol. The van der Waals surface area contributed by atoms with E-state index in [-0.39, 0.29) is 11.9 Å². The number of aromatic nitrogens is 1. The number of carbonyl (C=O) groups is 2. The lowest BCUT2D eigenvalue weighted by Gasteiger charge is -2.40. The summed E-state index contributed by atoms with van der Waals surface area (Å²) >= 11 is 0. The number of aryl methyl sites for hydroxylation is 2. The number of hydrogen-bond donors (Lipinski definition) is 1. The molecular weight excluding hydrogens is 388 g/mol. The number of nitrogens with zero attached hydrogens (tertiary/aromatic N) is 1. The molecule has 1 fully saturated rings. The maximum atomic E-state index is 13.5. The van der Waals surface area contributed by atoms with Gasteiger partial charge in [0.2, 0.25) is 0 Å². The fraction of sp³-hybridized carbons (Fsp3) is 0.385. The van der Waals surface area contributed by atoms with E-state index in [0.29, 0.717) is 25.9 Å². The van der Waals surface area contributed by atoms with Gasteiger partial charge in [-0.3, -0.25) is 9.59 Å². The summed E-state index contributed by atoms with van der Waals surface area (Å²) in [4.78, 5) is 31.7. The Kier molecular flexibility index (Phi) is 5.05. The van der Waals surface area contributed by atoms with E-state index in [2.05, 4.69) is 11.1 Å². The normalized spacial score (nSPS) is 17.9. The Bertz CT molecular complexity index is 1120. The van der Waals surface area contributed by atoms with Gasteiger partial charge in [0.15, 0.2) is 0 Å². The van der Waals surface area contributed by atoms with Crippen LogP contribution in [0.2, 0.25) is 0 Å². The molecule has 0 spiro atoms. The highest BCUT2D eigenvalue weighted by molar-refractivity contribution is 6.07. The molecule has 0 saturated carbocycles. The van der Waals surface area contributed by atoms with Crippen molar-refractivity contribution in [1.82, 2.24) is 9.88 Å². The molecule has 0 atom stereocenters. The molecule has 2 aliphatic rings. The number of esters is 1. The molecule has 1 aliphatic heterocycles. The van der Waals surface area contributed by atoms with Gasteiger partial charge in [0.25, 0.3) is 5.91 Å². The van der Waals surface area contributed by atoms with Crippen molar-refractivity contribution in [2.45, 2.75) is 43.9 Å². The number of piperidine rings is 1. The van der Waals surface area contributed by atoms with Crippen LogP contribution in [0, 0.1) is 0 Å². The molecule has 1 saturated heterocycles. The van der Waals surface area contributed by atoms with Gasteiger partial charge < -0.3 is 14.6 Å². The second-order valence-electron chi connectivity index (χ2n) is 8.75. The predicted octanol–water partition coefficient (Wildman–Crippen LogP) is 4.39. The number of nitrogens with one attached hydrogen (secondary N) is 1. The van der Waals surface area contributed by atoms with E-state index in [1.807, 2.05) is 47.4 Å². The van der Waals surface area contributed by atoms with E-state index in [1.165, 1.54) is 36.6 Å². The molecule has 1 amide bonds. The minimum atomic E-state index is -0.690. The van der Waals surface area contributed by atoms with Gasteiger partial charge in [-0.1, -0.05) is 42.5 Å². The van der Waals surface area contributed by atoms with E-state index in [0.717, 1.165) is 29.5 Å². The first kappa shape index (κ1) is 19.9. The van der Waals surface area contributed by atoms with Crippen LogP contribution in [-0.2, 0) is 27.8 Å². The highest BCUT2D eigenvalue weighted by Gasteiger charge is 2.45. The minimum Gasteiger partial charge on any atom is -0.468 e. The largest absolute Gasteiger partial charge is 0.468 e. The van der Waals surface area contributed by atoms with E-state index in [4.69, 9.17) is 4.74 Å². The number of H-pyrrole nitrogens is 1. The standard InChI is InChI=1S/C26H28N2O3/c1-31-25(30)26(18-8-3-2-4-9-18)14-16-28(17-15-26)24(29)21-12-7-11-20-19-10-5-6-13-22(19)27-23(20)21/h2-4,7-9,11-12,27H,5-6,10,13-17H2,1H3. The summed E-state index contributed by atoms with van der Waals surface area (Å²) < 4.78 is 5.18. The molecule has 1 aromatic heterocycles. The lowest BCUT2D eigenvalue weighted by molar-refractivity contribution is -0.149. The molecule has 31 heavy (non-hydrogen) atoms. The van der Waals surface area contributed by atoms with Gasteiger partial charge in [-0.15, -0.1) is 0 Å². The average Bonchev–Trinajstić information content (AvgIpc) is 3.22. The Labute approximate surface area is 182 Å². The zero-order valence-corrected chi connectivity index (χ0v) is 17.9. The number of carbonyl (C=O) groups excluding carboxylic acids is 2. The predicted molar refractivity (Wildman–Crippen MR) is 120 cm³/mol. The molecule has 3 aromatic rings. The first-order valence-electron chi connectivity index (χ1n) is 11.2. The molecule has 0 radical (unpaired) electrons. The first-order chi connectivity index (χ1) is 15.1. The Morgan fingerprint density at radius 1 is 0.968 bits per heavy atom. The van der Waals surface area contributed by atoms with Crippen molar-refractivity contribution < 1.29 is 14.3 Å². The smallest absolute Gasteiger partial charge is 0.316 e. The zero-order valence-electron chi connectivity index (χ0n) is 17.9. The molecule has 5 nitrogen and oxygen atoms in total. The summed E-state index contributed by atoms with van der Waals surface area (Å²) in [6, 6.07) is 15.9. The number of methoxy groups -OCH3 is 1. The Hall–Kier alpha value is -3.08. The molecule has 1 aliphatic carbocycles. The lowest BCUT2D eigenvalue weighted by atomic mass is 9.72. The zero-order chi connectivity index (χ0) is 21.4. The van der Waals surface area contributed by atoms with E-state index < -0.39 is 5.41 Å². The van der Waals surface area contributed by atoms with Crippen LogP contribution >= 0.6 is 0 Å². The first-order valence-corrected chi connectivity index (χ1v) is 11.2. The quantitative estimate of drug-likeness (QED) is 0.644. The van der Waals surface area contributed by atoms with Crippen molar-refractivity contribution in [3.63, 3.8) is 0 Å². The molecule has 5 rings (SSSR count). The minimum absolute atomic E-state index is 0.0377. The number of rotatable bonds is 3. The summed E-state index contributed by atoms with van der Waals surface area (Å²) in [5.74, 6) is -0.180. The average molecular weight is 417 g/mol. The number of fused-ring (bicyclic) bond motifs is 3. The molecule has 2 aromatic carbocycles. The van der Waals surface area contributed by atoms with Crippen molar-refractivity contribution in [3.8, 4) is 0 Å². The maximum absolute atomic E-state index is 13.5. The molecular formula is C26H28N2O3. The number of aromatic amines is 1. The summed E-state index contributed by atoms with van der Waals surface area (Å²) in [6.07, 6.45) is 5.67. The molecule has 2 heterocycles. The second-order valence-corrected chi connectivity index (χ2v) is 8.75. The van der Waals surface area contributed by atoms with Crippen LogP contribution in [0.15, 0.2) is 48.5 Å². The van der Waals surface area contributed by atoms with Crippen LogP contribution in [-0.4, -0.2) is 42.0 Å². The van der Waals surface area contributed by atoms with Crippen LogP contribution in [0.3, 0.4) is 0 Å². The van der Waals surface area contributed by atoms with Crippen LogP contribution in [0.25, 0.3) is 10.9 Å². The second kappa shape index (κ2) is 7.88. The summed E-state index contributed by atoms with van der Waals surface area (Å²) in [7, 11) is 1.44. The highest BCUT2D eigenvalue weighted by atomic mass is 16.5. The topological polar surface area (TPSA) is 62.4 Å². The fourth-order valence-electron chi connectivity index (χ4n) is 5.43. The third-order valence-corrected chi connectivity index (χ3v) is 7.17. The SMILES string of the molecule is COC(=O)C1(c2ccccc2)CCN(C(=O)c2cccc3c4c([nH]c23)CCCC4)CC1. The highest BCUT2D eigenvalue weighted by Crippen LogP contribution is 2.38. The Morgan fingerprint density at radius 3 is 2.45 bits per heavy atom. The van der Waals surface area contributed by atoms with Crippen molar-refractivity contribution >= 4 is 22.8 Å². The van der Waals surface area contributed by atoms with Gasteiger partial charge in [-0.25, -0.2) is 0 Å². The van der Waals surface area contributed by atoms with Crippen LogP contribution in [0.4, 0.5) is 0 Å². The van der Waals surface area contributed by atoms with Crippen LogP contribution < -0.4 is 0 Å². The summed E-state index contributed by atoms with van der Waals surface area (Å²) in [6.45, 7) is 1.05. The third-order valence-electron chi connectivity index (χ3n) is 7.17. The van der Waals surface area contributed by atoms with Crippen molar-refractivity contribution in [3.05, 3.63) is 70.9 Å². The lowest BCUT2D eigenvalue weighted by Crippen LogP contribution is -2.49. The van der Waals surface area contributed by atoms with Crippen LogP contribution in [0.1, 0.15) is 52.9 Å². The number of likely N-dealkylation sites (tertiary alicyclic amines) is 1. The summed E-state index contributed by atoms with van der Waals surface area (Å²) in [5, 5.41) is 1.19. The molecule has 1 N–H and O–H groups in total. The number of ether oxygens (including phenoxy) is 1. The van der Waals surface area contributed by atoms with Gasteiger partial charge in [0.1, 0.15) is 0 Å². The fourth-order valence-corrected chi connectivity index (χ4v) is 5.43. The van der Waals surface area contributed by atoms with Crippen molar-refractivity contribution in [1.29, 1.82) is 0 Å². The van der Waals surface area contributed by atoms with Gasteiger partial charge in [-0.2, -0.15) is 0 Å². The molecule has 5 heteroatoms. The number of para-hydroxylation sites is 1. The summed E-state index contributed by atoms with van der Waals surface area (Å²) in [5.41, 5.74) is 4.64. The van der Waals surface area contributed by atoms with Gasteiger partial charge in [0, 0.05) is 24.2 Å². The van der Waals surface area contributed by atoms with Crippen molar-refractivity contribution in [2.75, 3.05) is 20.2 Å². The van der Waals surface area contributed by atoms with Gasteiger partial charge >= 0.3 is 5.97 Å². The van der Waals surface area contributed by atoms with E-state index in [1.54, 1.807) is 0 Å². The van der Waals surface area contributed by atoms with Crippen LogP contribution in [0.5, 0.6) is 0 Å². The molecule has 0 unspecified atom stereocenters. The number of hydrogen-bond acceptors (Lipinski definition) is 3. The number of amides is 1. The Morgan fingerprint density at radius 2 is 1.71 bits per heavy atom. The maximum Gasteiger partial charge on any atom is 0.316 e. The van der Waals surface area contributed by atoms with Gasteiger partial charge in [0.05, 0.1) is 23.6 Å². The van der Waals surface area contributed by atoms with Gasteiger partial charge in [-0.05, 0) is 55.7 Å². The third kappa shape index (κ3) is 3.23. The molecule has 160 valence electrons. The molecule has 0 bridgehead atoms. The number of benzene rings is 2. The van der Waals surface area contributed by atoms with E-state index in [9.17, 15) is 9.59 Å². The Balaban J connectivity index is 1.43. The van der Waals surface area contributed by atoms with E-state index >= 15 is 0 Å².